The van der Waals surface area contributed by atoms with Crippen molar-refractivity contribution in [2.24, 2.45) is 5.73 Å². The average molecular weight is 402 g/mol. The fourth-order valence-electron chi connectivity index (χ4n) is 3.80. The second kappa shape index (κ2) is 8.62. The Morgan fingerprint density at radius 2 is 1.63 bits per heavy atom. The summed E-state index contributed by atoms with van der Waals surface area (Å²) in [6.45, 7) is 0. The number of hydrogen-bond acceptors (Lipinski definition) is 3. The van der Waals surface area contributed by atoms with Gasteiger partial charge >= 0.3 is 0 Å². The summed E-state index contributed by atoms with van der Waals surface area (Å²) in [6, 6.07) is 23.8. The van der Waals surface area contributed by atoms with Crippen LogP contribution in [0.5, 0.6) is 11.5 Å². The van der Waals surface area contributed by atoms with E-state index in [-0.39, 0.29) is 5.60 Å². The normalized spacial score (nSPS) is 14.2. The first-order valence-electron chi connectivity index (χ1n) is 10.4. The molecule has 0 aromatic heterocycles. The highest BCUT2D eigenvalue weighted by molar-refractivity contribution is 5.93. The first kappa shape index (κ1) is 20.0. The number of benzene rings is 3. The van der Waals surface area contributed by atoms with Gasteiger partial charge in [0.2, 0.25) is 5.91 Å². The minimum absolute atomic E-state index is 0.0868. The molecule has 0 aliphatic heterocycles. The summed E-state index contributed by atoms with van der Waals surface area (Å²) >= 11 is 0. The van der Waals surface area contributed by atoms with E-state index in [1.54, 1.807) is 19.2 Å². The quantitative estimate of drug-likeness (QED) is 0.522. The lowest BCUT2D eigenvalue weighted by Gasteiger charge is -2.21. The summed E-state index contributed by atoms with van der Waals surface area (Å²) in [5.74, 6) is 1.08. The molecule has 4 heteroatoms. The lowest BCUT2D eigenvalue weighted by atomic mass is 10.0. The minimum Gasteiger partial charge on any atom is -0.493 e. The maximum absolute atomic E-state index is 11.3. The zero-order valence-electron chi connectivity index (χ0n) is 17.3. The number of aryl methyl sites for hydroxylation is 1. The summed E-state index contributed by atoms with van der Waals surface area (Å²) in [6.07, 6.45) is 5.34. The molecule has 0 unspecified atom stereocenters. The van der Waals surface area contributed by atoms with Crippen molar-refractivity contribution in [1.29, 1.82) is 0 Å². The molecule has 0 atom stereocenters. The number of carbonyl (C=O) groups excluding carboxylic acids is 1. The number of methoxy groups -OCH3 is 1. The van der Waals surface area contributed by atoms with Crippen molar-refractivity contribution in [1.82, 2.24) is 0 Å². The van der Waals surface area contributed by atoms with E-state index in [9.17, 15) is 4.79 Å². The van der Waals surface area contributed by atoms with Crippen LogP contribution in [0.25, 0.3) is 11.1 Å². The molecule has 1 aliphatic rings. The number of amides is 1. The van der Waals surface area contributed by atoms with Crippen LogP contribution in [-0.4, -0.2) is 18.6 Å². The number of ether oxygens (including phenoxy) is 2. The van der Waals surface area contributed by atoms with Gasteiger partial charge in [-0.05, 0) is 73.1 Å². The number of hydrogen-bond donors (Lipinski definition) is 1. The van der Waals surface area contributed by atoms with Gasteiger partial charge in [-0.15, -0.1) is 0 Å². The van der Waals surface area contributed by atoms with E-state index < -0.39 is 5.91 Å². The molecule has 0 bridgehead atoms. The topological polar surface area (TPSA) is 61.5 Å². The van der Waals surface area contributed by atoms with Crippen molar-refractivity contribution in [2.45, 2.75) is 37.7 Å². The molecule has 3 aromatic rings. The SMILES string of the molecule is COc1ccc(-c2ccc(C(N)=O)cc2)cc1OC1(CCCc2ccccc2)CC1. The van der Waals surface area contributed by atoms with Crippen molar-refractivity contribution in [3.63, 3.8) is 0 Å². The number of nitrogens with two attached hydrogens (primary N) is 1. The van der Waals surface area contributed by atoms with E-state index in [2.05, 4.69) is 30.3 Å². The summed E-state index contributed by atoms with van der Waals surface area (Å²) < 4.78 is 12.0. The van der Waals surface area contributed by atoms with Crippen molar-refractivity contribution >= 4 is 5.91 Å². The van der Waals surface area contributed by atoms with E-state index >= 15 is 0 Å². The van der Waals surface area contributed by atoms with Crippen molar-refractivity contribution in [2.75, 3.05) is 7.11 Å². The van der Waals surface area contributed by atoms with Crippen molar-refractivity contribution < 1.29 is 14.3 Å². The van der Waals surface area contributed by atoms with Crippen molar-refractivity contribution in [3.05, 3.63) is 83.9 Å². The van der Waals surface area contributed by atoms with Crippen LogP contribution < -0.4 is 15.2 Å². The molecule has 154 valence electrons. The second-order valence-corrected chi connectivity index (χ2v) is 7.93. The van der Waals surface area contributed by atoms with Gasteiger partial charge in [-0.3, -0.25) is 4.79 Å². The number of rotatable bonds is 9. The Bertz CT molecular complexity index is 1010. The van der Waals surface area contributed by atoms with Gasteiger partial charge in [0.1, 0.15) is 5.60 Å². The zero-order valence-corrected chi connectivity index (χ0v) is 17.3. The second-order valence-electron chi connectivity index (χ2n) is 7.93. The molecule has 1 fully saturated rings. The van der Waals surface area contributed by atoms with Gasteiger partial charge in [-0.2, -0.15) is 0 Å². The highest BCUT2D eigenvalue weighted by Gasteiger charge is 2.45. The third-order valence-electron chi connectivity index (χ3n) is 5.74. The lowest BCUT2D eigenvalue weighted by molar-refractivity contribution is 0.100. The van der Waals surface area contributed by atoms with Gasteiger partial charge in [0.05, 0.1) is 7.11 Å². The molecular weight excluding hydrogens is 374 g/mol. The van der Waals surface area contributed by atoms with Crippen LogP contribution in [0.1, 0.15) is 41.6 Å². The Kier molecular flexibility index (Phi) is 5.75. The van der Waals surface area contributed by atoms with Gasteiger partial charge < -0.3 is 15.2 Å². The predicted octanol–water partition coefficient (Wildman–Crippen LogP) is 5.40. The highest BCUT2D eigenvalue weighted by Crippen LogP contribution is 2.47. The molecule has 3 aromatic carbocycles. The van der Waals surface area contributed by atoms with Crippen LogP contribution in [0.2, 0.25) is 0 Å². The predicted molar refractivity (Wildman–Crippen MR) is 119 cm³/mol. The molecule has 30 heavy (non-hydrogen) atoms. The smallest absolute Gasteiger partial charge is 0.248 e. The summed E-state index contributed by atoms with van der Waals surface area (Å²) in [4.78, 5) is 11.3. The Hall–Kier alpha value is -3.27. The van der Waals surface area contributed by atoms with E-state index in [4.69, 9.17) is 15.2 Å². The molecular formula is C26H27NO3. The summed E-state index contributed by atoms with van der Waals surface area (Å²) in [5.41, 5.74) is 9.14. The Balaban J connectivity index is 1.47. The van der Waals surface area contributed by atoms with Gasteiger partial charge in [-0.1, -0.05) is 48.5 Å². The maximum Gasteiger partial charge on any atom is 0.248 e. The van der Waals surface area contributed by atoms with Gasteiger partial charge in [-0.25, -0.2) is 0 Å². The van der Waals surface area contributed by atoms with Gasteiger partial charge in [0.15, 0.2) is 11.5 Å². The Morgan fingerprint density at radius 3 is 2.27 bits per heavy atom. The lowest BCUT2D eigenvalue weighted by Crippen LogP contribution is -2.18. The van der Waals surface area contributed by atoms with Crippen LogP contribution in [0, 0.1) is 0 Å². The third-order valence-corrected chi connectivity index (χ3v) is 5.74. The van der Waals surface area contributed by atoms with Crippen LogP contribution in [0.15, 0.2) is 72.8 Å². The average Bonchev–Trinajstić information content (AvgIpc) is 3.54. The summed E-state index contributed by atoms with van der Waals surface area (Å²) in [7, 11) is 1.67. The first-order chi connectivity index (χ1) is 14.6. The van der Waals surface area contributed by atoms with E-state index in [0.717, 1.165) is 54.7 Å². The minimum atomic E-state index is -0.425. The fourth-order valence-corrected chi connectivity index (χ4v) is 3.80. The Morgan fingerprint density at radius 1 is 0.933 bits per heavy atom. The molecule has 0 radical (unpaired) electrons. The number of carbonyl (C=O) groups is 1. The molecule has 0 heterocycles. The molecule has 4 rings (SSSR count). The molecule has 1 saturated carbocycles. The first-order valence-corrected chi connectivity index (χ1v) is 10.4. The summed E-state index contributed by atoms with van der Waals surface area (Å²) in [5, 5.41) is 0. The monoisotopic (exact) mass is 401 g/mol. The zero-order chi connectivity index (χ0) is 21.0. The molecule has 0 spiro atoms. The Labute approximate surface area is 177 Å². The standard InChI is InChI=1S/C26H27NO3/c1-29-23-14-13-22(20-9-11-21(12-10-20)25(27)28)18-24(23)30-26(16-17-26)15-5-8-19-6-3-2-4-7-19/h2-4,6-7,9-14,18H,5,8,15-17H2,1H3,(H2,27,28). The van der Waals surface area contributed by atoms with Gasteiger partial charge in [0.25, 0.3) is 0 Å². The fraction of sp³-hybridized carbons (Fsp3) is 0.269. The number of primary amides is 1. The highest BCUT2D eigenvalue weighted by atomic mass is 16.5. The van der Waals surface area contributed by atoms with E-state index in [1.165, 1.54) is 5.56 Å². The molecule has 4 nitrogen and oxygen atoms in total. The van der Waals surface area contributed by atoms with Gasteiger partial charge in [0, 0.05) is 5.56 Å². The van der Waals surface area contributed by atoms with E-state index in [1.807, 2.05) is 30.3 Å². The van der Waals surface area contributed by atoms with Crippen LogP contribution in [-0.2, 0) is 6.42 Å². The molecule has 0 saturated heterocycles. The van der Waals surface area contributed by atoms with Crippen molar-refractivity contribution in [3.8, 4) is 22.6 Å². The molecule has 1 aliphatic carbocycles. The van der Waals surface area contributed by atoms with Crippen LogP contribution >= 0.6 is 0 Å². The largest absolute Gasteiger partial charge is 0.493 e. The maximum atomic E-state index is 11.3. The molecule has 1 amide bonds. The van der Waals surface area contributed by atoms with Crippen LogP contribution in [0.3, 0.4) is 0 Å². The van der Waals surface area contributed by atoms with Crippen LogP contribution in [0.4, 0.5) is 0 Å². The molecule has 2 N–H and O–H groups in total. The van der Waals surface area contributed by atoms with E-state index in [0.29, 0.717) is 5.56 Å². The third kappa shape index (κ3) is 4.65.